The van der Waals surface area contributed by atoms with Crippen molar-refractivity contribution in [1.82, 2.24) is 4.57 Å². The van der Waals surface area contributed by atoms with E-state index in [4.69, 9.17) is 0 Å². The summed E-state index contributed by atoms with van der Waals surface area (Å²) >= 11 is 3.18. The van der Waals surface area contributed by atoms with Crippen molar-refractivity contribution in [1.29, 1.82) is 0 Å². The van der Waals surface area contributed by atoms with Crippen LogP contribution in [0.3, 0.4) is 0 Å². The van der Waals surface area contributed by atoms with Crippen molar-refractivity contribution in [3.63, 3.8) is 0 Å². The molecule has 0 unspecified atom stereocenters. The van der Waals surface area contributed by atoms with E-state index in [9.17, 15) is 18.7 Å². The summed E-state index contributed by atoms with van der Waals surface area (Å²) in [4.78, 5) is 11.3. The molecule has 0 bridgehead atoms. The Morgan fingerprint density at radius 1 is 1.14 bits per heavy atom. The number of carboxylic acids is 1. The van der Waals surface area contributed by atoms with Gasteiger partial charge >= 0.3 is 5.97 Å². The van der Waals surface area contributed by atoms with Crippen molar-refractivity contribution >= 4 is 32.8 Å². The van der Waals surface area contributed by atoms with Crippen molar-refractivity contribution in [2.75, 3.05) is 0 Å². The van der Waals surface area contributed by atoms with Crippen LogP contribution in [0.25, 0.3) is 10.9 Å². The first-order valence-electron chi connectivity index (χ1n) is 6.42. The second-order valence-corrected chi connectivity index (χ2v) is 5.76. The highest BCUT2D eigenvalue weighted by Crippen LogP contribution is 2.25. The van der Waals surface area contributed by atoms with Gasteiger partial charge in [0.1, 0.15) is 11.6 Å². The molecule has 0 fully saturated rings. The van der Waals surface area contributed by atoms with Crippen molar-refractivity contribution in [3.8, 4) is 0 Å². The lowest BCUT2D eigenvalue weighted by Gasteiger charge is -2.09. The van der Waals surface area contributed by atoms with Gasteiger partial charge in [0.25, 0.3) is 0 Å². The lowest BCUT2D eigenvalue weighted by Crippen LogP contribution is -2.06. The smallest absolute Gasteiger partial charge is 0.337 e. The third-order valence-electron chi connectivity index (χ3n) is 3.46. The maximum Gasteiger partial charge on any atom is 0.337 e. The van der Waals surface area contributed by atoms with Crippen LogP contribution >= 0.6 is 15.9 Å². The van der Waals surface area contributed by atoms with Crippen LogP contribution in [-0.4, -0.2) is 15.6 Å². The SMILES string of the molecule is O=C(O)c1ccc(F)c2ccn(Cc3ccc(Br)cc3F)c12. The minimum absolute atomic E-state index is 0.0149. The average molecular weight is 366 g/mol. The fourth-order valence-corrected chi connectivity index (χ4v) is 2.76. The molecule has 0 saturated heterocycles. The molecule has 0 radical (unpaired) electrons. The molecule has 1 N–H and O–H groups in total. The van der Waals surface area contributed by atoms with Gasteiger partial charge in [0, 0.05) is 21.6 Å². The van der Waals surface area contributed by atoms with Crippen LogP contribution in [0.2, 0.25) is 0 Å². The third kappa shape index (κ3) is 2.50. The molecule has 0 spiro atoms. The molecule has 112 valence electrons. The van der Waals surface area contributed by atoms with Crippen LogP contribution in [0.1, 0.15) is 15.9 Å². The predicted octanol–water partition coefficient (Wildman–Crippen LogP) is 4.43. The summed E-state index contributed by atoms with van der Waals surface area (Å²) in [6.07, 6.45) is 1.56. The number of hydrogen-bond donors (Lipinski definition) is 1. The molecular weight excluding hydrogens is 356 g/mol. The Labute approximate surface area is 132 Å². The number of aromatic carboxylic acids is 1. The van der Waals surface area contributed by atoms with Gasteiger partial charge in [0.15, 0.2) is 0 Å². The highest BCUT2D eigenvalue weighted by Gasteiger charge is 2.16. The zero-order chi connectivity index (χ0) is 15.9. The number of carbonyl (C=O) groups is 1. The van der Waals surface area contributed by atoms with E-state index in [2.05, 4.69) is 15.9 Å². The maximum absolute atomic E-state index is 13.9. The number of carboxylic acid groups (broad SMARTS) is 1. The van der Waals surface area contributed by atoms with Gasteiger partial charge in [-0.1, -0.05) is 22.0 Å². The van der Waals surface area contributed by atoms with Gasteiger partial charge in [0.2, 0.25) is 0 Å². The van der Waals surface area contributed by atoms with Gasteiger partial charge in [-0.15, -0.1) is 0 Å². The van der Waals surface area contributed by atoms with Crippen LogP contribution in [0, 0.1) is 11.6 Å². The summed E-state index contributed by atoms with van der Waals surface area (Å²) in [7, 11) is 0. The van der Waals surface area contributed by atoms with E-state index >= 15 is 0 Å². The summed E-state index contributed by atoms with van der Waals surface area (Å²) in [6, 6.07) is 8.46. The summed E-state index contributed by atoms with van der Waals surface area (Å²) < 4.78 is 29.9. The fraction of sp³-hybridized carbons (Fsp3) is 0.0625. The Morgan fingerprint density at radius 3 is 2.59 bits per heavy atom. The summed E-state index contributed by atoms with van der Waals surface area (Å²) in [5.74, 6) is -2.07. The minimum Gasteiger partial charge on any atom is -0.478 e. The zero-order valence-corrected chi connectivity index (χ0v) is 12.8. The Hall–Kier alpha value is -2.21. The second-order valence-electron chi connectivity index (χ2n) is 4.84. The van der Waals surface area contributed by atoms with E-state index in [-0.39, 0.29) is 23.0 Å². The molecule has 1 aromatic heterocycles. The number of benzene rings is 2. The summed E-state index contributed by atoms with van der Waals surface area (Å²) in [6.45, 7) is 0.117. The third-order valence-corrected chi connectivity index (χ3v) is 3.95. The van der Waals surface area contributed by atoms with Crippen molar-refractivity contribution in [3.05, 3.63) is 69.8 Å². The van der Waals surface area contributed by atoms with E-state index in [1.807, 2.05) is 0 Å². The Kier molecular flexibility index (Phi) is 3.70. The van der Waals surface area contributed by atoms with E-state index < -0.39 is 17.6 Å². The number of halogens is 3. The van der Waals surface area contributed by atoms with Crippen LogP contribution in [0.15, 0.2) is 47.1 Å². The molecule has 0 amide bonds. The molecular formula is C16H10BrF2NO2. The molecule has 0 aliphatic carbocycles. The highest BCUT2D eigenvalue weighted by atomic mass is 79.9. The number of aromatic nitrogens is 1. The molecule has 1 heterocycles. The van der Waals surface area contributed by atoms with Gasteiger partial charge in [-0.3, -0.25) is 0 Å². The average Bonchev–Trinajstić information content (AvgIpc) is 2.87. The normalized spacial score (nSPS) is 11.0. The topological polar surface area (TPSA) is 42.2 Å². The summed E-state index contributed by atoms with van der Waals surface area (Å²) in [5.41, 5.74) is 0.620. The molecule has 22 heavy (non-hydrogen) atoms. The van der Waals surface area contributed by atoms with Crippen LogP contribution in [0.5, 0.6) is 0 Å². The number of hydrogen-bond acceptors (Lipinski definition) is 1. The maximum atomic E-state index is 13.9. The molecule has 0 aliphatic heterocycles. The second kappa shape index (κ2) is 5.53. The first-order chi connectivity index (χ1) is 10.5. The standard InChI is InChI=1S/C16H10BrF2NO2/c17-10-2-1-9(14(19)7-10)8-20-6-5-11-13(18)4-3-12(15(11)20)16(21)22/h1-7H,8H2,(H,21,22). The van der Waals surface area contributed by atoms with Crippen molar-refractivity contribution in [2.45, 2.75) is 6.54 Å². The summed E-state index contributed by atoms with van der Waals surface area (Å²) in [5, 5.41) is 9.46. The van der Waals surface area contributed by atoms with Crippen LogP contribution in [0.4, 0.5) is 8.78 Å². The lowest BCUT2D eigenvalue weighted by molar-refractivity contribution is 0.0698. The Morgan fingerprint density at radius 2 is 1.91 bits per heavy atom. The van der Waals surface area contributed by atoms with Crippen LogP contribution in [-0.2, 0) is 6.54 Å². The number of fused-ring (bicyclic) bond motifs is 1. The van der Waals surface area contributed by atoms with Gasteiger partial charge in [0.05, 0.1) is 17.6 Å². The van der Waals surface area contributed by atoms with Crippen molar-refractivity contribution in [2.24, 2.45) is 0 Å². The van der Waals surface area contributed by atoms with E-state index in [0.29, 0.717) is 10.0 Å². The van der Waals surface area contributed by atoms with Gasteiger partial charge < -0.3 is 9.67 Å². The van der Waals surface area contributed by atoms with Gasteiger partial charge in [-0.2, -0.15) is 0 Å². The first-order valence-corrected chi connectivity index (χ1v) is 7.21. The number of nitrogens with zero attached hydrogens (tertiary/aromatic N) is 1. The Balaban J connectivity index is 2.15. The molecule has 6 heteroatoms. The molecule has 3 rings (SSSR count). The van der Waals surface area contributed by atoms with Gasteiger partial charge in [-0.25, -0.2) is 13.6 Å². The molecule has 2 aromatic carbocycles. The fourth-order valence-electron chi connectivity index (χ4n) is 2.43. The molecule has 0 atom stereocenters. The monoisotopic (exact) mass is 365 g/mol. The van der Waals surface area contributed by atoms with Crippen molar-refractivity contribution < 1.29 is 18.7 Å². The molecule has 0 aliphatic rings. The minimum atomic E-state index is -1.15. The van der Waals surface area contributed by atoms with E-state index in [1.165, 1.54) is 22.8 Å². The van der Waals surface area contributed by atoms with E-state index in [0.717, 1.165) is 6.07 Å². The zero-order valence-electron chi connectivity index (χ0n) is 11.2. The van der Waals surface area contributed by atoms with Crippen LogP contribution < -0.4 is 0 Å². The largest absolute Gasteiger partial charge is 0.478 e. The van der Waals surface area contributed by atoms with E-state index in [1.54, 1.807) is 18.3 Å². The number of rotatable bonds is 3. The highest BCUT2D eigenvalue weighted by molar-refractivity contribution is 9.10. The predicted molar refractivity (Wildman–Crippen MR) is 82.1 cm³/mol. The first kappa shape index (κ1) is 14.7. The van der Waals surface area contributed by atoms with Gasteiger partial charge in [-0.05, 0) is 30.3 Å². The lowest BCUT2D eigenvalue weighted by atomic mass is 10.1. The molecule has 3 nitrogen and oxygen atoms in total. The Bertz CT molecular complexity index is 889. The quantitative estimate of drug-likeness (QED) is 0.745. The molecule has 0 saturated carbocycles. The molecule has 3 aromatic rings.